The fraction of sp³-hybridized carbons (Fsp3) is 0.385. The van der Waals surface area contributed by atoms with E-state index in [1.54, 1.807) is 6.92 Å². The molecule has 0 aromatic heterocycles. The molecule has 11 heteroatoms. The van der Waals surface area contributed by atoms with Gasteiger partial charge in [0.05, 0.1) is 0 Å². The van der Waals surface area contributed by atoms with Gasteiger partial charge in [-0.3, -0.25) is 0 Å². The summed E-state index contributed by atoms with van der Waals surface area (Å²) >= 11 is 4.23. The zero-order valence-electron chi connectivity index (χ0n) is 20.5. The van der Waals surface area contributed by atoms with Gasteiger partial charge in [-0.1, -0.05) is 30.3 Å². The molecule has 2 aromatic carbocycles. The number of aromatic hydroxyl groups is 1. The minimum absolute atomic E-state index is 0.0339. The van der Waals surface area contributed by atoms with Crippen molar-refractivity contribution in [2.75, 3.05) is 6.61 Å². The summed E-state index contributed by atoms with van der Waals surface area (Å²) < 4.78 is 33.5. The Hall–Kier alpha value is -3.25. The molecule has 201 valence electrons. The molecular formula is C26H28CoO10. The monoisotopic (exact) mass is 559 g/mol. The average molecular weight is 559 g/mol. The van der Waals surface area contributed by atoms with Crippen LogP contribution in [-0.2, 0) is 55.2 Å². The second-order valence-electron chi connectivity index (χ2n) is 8.17. The summed E-state index contributed by atoms with van der Waals surface area (Å²) in [6.07, 6.45) is -3.46. The van der Waals surface area contributed by atoms with Crippen molar-refractivity contribution in [3.63, 3.8) is 0 Å². The topological polar surface area (TPSA) is 127 Å². The van der Waals surface area contributed by atoms with Crippen molar-refractivity contribution in [3.8, 4) is 11.5 Å². The molecule has 0 aliphatic carbocycles. The number of phenols is 1. The van der Waals surface area contributed by atoms with Gasteiger partial charge >= 0.3 is 179 Å². The molecule has 0 radical (unpaired) electrons. The van der Waals surface area contributed by atoms with E-state index in [1.807, 2.05) is 30.3 Å². The van der Waals surface area contributed by atoms with Crippen molar-refractivity contribution in [2.24, 2.45) is 0 Å². The molecule has 10 nitrogen and oxygen atoms in total. The van der Waals surface area contributed by atoms with Crippen LogP contribution in [0.3, 0.4) is 0 Å². The number of benzene rings is 2. The van der Waals surface area contributed by atoms with Crippen LogP contribution in [0.4, 0.5) is 0 Å². The molecule has 0 bridgehead atoms. The summed E-state index contributed by atoms with van der Waals surface area (Å²) in [4.78, 5) is 35.5. The first-order chi connectivity index (χ1) is 17.6. The van der Waals surface area contributed by atoms with E-state index >= 15 is 0 Å². The fourth-order valence-corrected chi connectivity index (χ4v) is 3.81. The van der Waals surface area contributed by atoms with Crippen molar-refractivity contribution in [2.45, 2.75) is 58.4 Å². The summed E-state index contributed by atoms with van der Waals surface area (Å²) in [5, 5.41) is 10.5. The van der Waals surface area contributed by atoms with Crippen LogP contribution in [0.15, 0.2) is 48.5 Å². The second-order valence-corrected chi connectivity index (χ2v) is 8.91. The van der Waals surface area contributed by atoms with E-state index in [-0.39, 0.29) is 36.7 Å². The van der Waals surface area contributed by atoms with Gasteiger partial charge in [0.1, 0.15) is 6.61 Å². The predicted octanol–water partition coefficient (Wildman–Crippen LogP) is 2.82. The van der Waals surface area contributed by atoms with E-state index in [2.05, 4.69) is 15.3 Å². The van der Waals surface area contributed by atoms with Crippen molar-refractivity contribution >= 4 is 22.5 Å². The first-order valence-electron chi connectivity index (χ1n) is 11.4. The van der Waals surface area contributed by atoms with E-state index < -0.39 is 42.5 Å². The summed E-state index contributed by atoms with van der Waals surface area (Å²) in [5.74, 6) is -2.01. The van der Waals surface area contributed by atoms with E-state index in [1.165, 1.54) is 32.0 Å². The summed E-state index contributed by atoms with van der Waals surface area (Å²) in [5.41, 5.74) is 0.962. The number of ether oxygens (including phenoxy) is 6. The standard InChI is InChI=1S/C26H28O10.Co/c1-4-31-22-13-24(36-23(15-32-16(2)27)25(22)34-17(3)28)35-21-11-10-19(12-20(21)29)26(30)33-14-18-8-6-5-7-9-18;/h5-12,22-25,29H,13-15H2,1-3H3;/t22-,23-,24-,25-;/m1./s1. The first-order valence-corrected chi connectivity index (χ1v) is 11.9. The average Bonchev–Trinajstić information content (AvgIpc) is 2.84. The second kappa shape index (κ2) is 13.3. The van der Waals surface area contributed by atoms with Gasteiger partial charge in [0.2, 0.25) is 0 Å². The van der Waals surface area contributed by atoms with Crippen LogP contribution in [0.1, 0.15) is 43.1 Å². The minimum atomic E-state index is -0.981. The van der Waals surface area contributed by atoms with Gasteiger partial charge in [0, 0.05) is 0 Å². The van der Waals surface area contributed by atoms with Crippen molar-refractivity contribution in [1.82, 2.24) is 0 Å². The Labute approximate surface area is 221 Å². The Morgan fingerprint density at radius 1 is 1.00 bits per heavy atom. The molecule has 0 spiro atoms. The molecule has 1 N–H and O–H groups in total. The number of hydrogen-bond acceptors (Lipinski definition) is 10. The van der Waals surface area contributed by atoms with Gasteiger partial charge in [-0.2, -0.15) is 0 Å². The molecule has 1 fully saturated rings. The fourth-order valence-electron chi connectivity index (χ4n) is 3.65. The van der Waals surface area contributed by atoms with Crippen LogP contribution in [0.25, 0.3) is 0 Å². The van der Waals surface area contributed by atoms with Crippen LogP contribution in [0, 0.1) is 0 Å². The van der Waals surface area contributed by atoms with Crippen molar-refractivity contribution in [1.29, 1.82) is 0 Å². The molecule has 4 atom stereocenters. The number of carbonyl (C=O) groups is 3. The van der Waals surface area contributed by atoms with Gasteiger partial charge in [0.25, 0.3) is 0 Å². The Kier molecular flexibility index (Phi) is 10.2. The SMILES string of the molecule is CC(=O)OC[C@H]1O[C@@H](Oc2ccc(C(=O)OCc3ccccc3)cc2O)C[C@@H](O[C](C)=[Co])[C@H]1OC(C)=O. The Morgan fingerprint density at radius 2 is 1.73 bits per heavy atom. The normalized spacial score (nSPS) is 21.0. The molecule has 1 heterocycles. The Morgan fingerprint density at radius 3 is 2.35 bits per heavy atom. The maximum absolute atomic E-state index is 12.4. The van der Waals surface area contributed by atoms with E-state index in [9.17, 15) is 19.5 Å². The molecule has 0 amide bonds. The molecular weight excluding hydrogens is 531 g/mol. The van der Waals surface area contributed by atoms with Crippen LogP contribution in [-0.4, -0.2) is 58.9 Å². The summed E-state index contributed by atoms with van der Waals surface area (Å²) in [7, 11) is 0. The zero-order valence-corrected chi connectivity index (χ0v) is 21.5. The predicted molar refractivity (Wildman–Crippen MR) is 125 cm³/mol. The zero-order chi connectivity index (χ0) is 26.9. The van der Waals surface area contributed by atoms with Crippen LogP contribution in [0.2, 0.25) is 0 Å². The third-order valence-corrected chi connectivity index (χ3v) is 5.33. The summed E-state index contributed by atoms with van der Waals surface area (Å²) in [6, 6.07) is 13.3. The Bertz CT molecular complexity index is 1120. The number of rotatable bonds is 10. The number of carbonyl (C=O) groups excluding carboxylic acids is 3. The number of phenolic OH excluding ortho intramolecular Hbond substituents is 1. The number of hydrogen-bond donors (Lipinski definition) is 1. The molecule has 0 unspecified atom stereocenters. The molecule has 37 heavy (non-hydrogen) atoms. The third-order valence-electron chi connectivity index (χ3n) is 5.21. The quantitative estimate of drug-likeness (QED) is 0.343. The van der Waals surface area contributed by atoms with Crippen molar-refractivity contribution in [3.05, 3.63) is 59.7 Å². The molecule has 1 aliphatic rings. The van der Waals surface area contributed by atoms with Gasteiger partial charge in [-0.15, -0.1) is 0 Å². The molecule has 1 saturated heterocycles. The van der Waals surface area contributed by atoms with E-state index in [0.717, 1.165) is 5.56 Å². The first kappa shape index (κ1) is 28.3. The van der Waals surface area contributed by atoms with Gasteiger partial charge in [-0.05, 0) is 5.56 Å². The molecule has 0 saturated carbocycles. The maximum atomic E-state index is 12.4. The van der Waals surface area contributed by atoms with Crippen LogP contribution >= 0.6 is 0 Å². The van der Waals surface area contributed by atoms with E-state index in [4.69, 9.17) is 28.4 Å². The van der Waals surface area contributed by atoms with Crippen molar-refractivity contribution < 1.29 is 63.2 Å². The van der Waals surface area contributed by atoms with E-state index in [0.29, 0.717) is 4.64 Å². The number of esters is 3. The third kappa shape index (κ3) is 8.67. The van der Waals surface area contributed by atoms with Gasteiger partial charge in [-0.25, -0.2) is 0 Å². The molecule has 3 rings (SSSR count). The summed E-state index contributed by atoms with van der Waals surface area (Å²) in [6.45, 7) is 3.95. The molecule has 2 aromatic rings. The van der Waals surface area contributed by atoms with Gasteiger partial charge < -0.3 is 0 Å². The van der Waals surface area contributed by atoms with Crippen LogP contribution in [0.5, 0.6) is 11.5 Å². The Balaban J connectivity index is 1.71. The molecule has 1 aliphatic heterocycles. The van der Waals surface area contributed by atoms with Gasteiger partial charge in [0.15, 0.2) is 0 Å². The van der Waals surface area contributed by atoms with Crippen LogP contribution < -0.4 is 4.74 Å².